The third-order valence-corrected chi connectivity index (χ3v) is 4.64. The normalized spacial score (nSPS) is 11.5. The zero-order valence-corrected chi connectivity index (χ0v) is 12.0. The van der Waals surface area contributed by atoms with Gasteiger partial charge in [0.05, 0.1) is 0 Å². The van der Waals surface area contributed by atoms with E-state index in [-0.39, 0.29) is 16.6 Å². The van der Waals surface area contributed by atoms with E-state index in [1.54, 1.807) is 24.3 Å². The largest absolute Gasteiger partial charge is 0.243 e. The first-order chi connectivity index (χ1) is 9.00. The SMILES string of the molecule is O=S(=O)(NCc1ccccc1Cl)c1cccnc1Cl. The fraction of sp³-hybridized carbons (Fsp3) is 0.0833. The number of halogens is 2. The molecule has 0 saturated heterocycles. The third kappa shape index (κ3) is 3.45. The van der Waals surface area contributed by atoms with Crippen molar-refractivity contribution in [3.05, 3.63) is 58.3 Å². The lowest BCUT2D eigenvalue weighted by Crippen LogP contribution is -2.23. The summed E-state index contributed by atoms with van der Waals surface area (Å²) in [5, 5.41) is 0.441. The first-order valence-corrected chi connectivity index (χ1v) is 7.58. The maximum absolute atomic E-state index is 12.1. The molecule has 0 aliphatic carbocycles. The summed E-state index contributed by atoms with van der Waals surface area (Å²) in [4.78, 5) is 3.69. The van der Waals surface area contributed by atoms with Crippen LogP contribution < -0.4 is 4.72 Å². The Hall–Kier alpha value is -1.14. The topological polar surface area (TPSA) is 59.1 Å². The second-order valence-electron chi connectivity index (χ2n) is 3.71. The highest BCUT2D eigenvalue weighted by Crippen LogP contribution is 2.19. The van der Waals surface area contributed by atoms with E-state index < -0.39 is 10.0 Å². The standard InChI is InChI=1S/C12H10Cl2N2O2S/c13-10-5-2-1-4-9(10)8-16-19(17,18)11-6-3-7-15-12(11)14/h1-7,16H,8H2. The van der Waals surface area contributed by atoms with Gasteiger partial charge in [-0.3, -0.25) is 0 Å². The van der Waals surface area contributed by atoms with Gasteiger partial charge in [0.1, 0.15) is 10.0 Å². The summed E-state index contributed by atoms with van der Waals surface area (Å²) >= 11 is 11.7. The lowest BCUT2D eigenvalue weighted by Gasteiger charge is -2.08. The lowest BCUT2D eigenvalue weighted by atomic mass is 10.2. The Kier molecular flexibility index (Phi) is 4.42. The smallest absolute Gasteiger partial charge is 0.243 e. The summed E-state index contributed by atoms with van der Waals surface area (Å²) in [5.41, 5.74) is 0.688. The highest BCUT2D eigenvalue weighted by Gasteiger charge is 2.18. The summed E-state index contributed by atoms with van der Waals surface area (Å²) < 4.78 is 26.6. The number of rotatable bonds is 4. The maximum Gasteiger partial charge on any atom is 0.243 e. The lowest BCUT2D eigenvalue weighted by molar-refractivity contribution is 0.581. The van der Waals surface area contributed by atoms with Crippen molar-refractivity contribution in [3.63, 3.8) is 0 Å². The molecule has 1 aromatic carbocycles. The Morgan fingerprint density at radius 2 is 1.84 bits per heavy atom. The molecule has 1 N–H and O–H groups in total. The van der Waals surface area contributed by atoms with E-state index >= 15 is 0 Å². The Morgan fingerprint density at radius 3 is 2.53 bits per heavy atom. The molecule has 2 aromatic rings. The van der Waals surface area contributed by atoms with Crippen LogP contribution in [0.3, 0.4) is 0 Å². The third-order valence-electron chi connectivity index (χ3n) is 2.42. The van der Waals surface area contributed by atoms with Gasteiger partial charge in [0.2, 0.25) is 10.0 Å². The molecule has 0 spiro atoms. The van der Waals surface area contributed by atoms with Gasteiger partial charge < -0.3 is 0 Å². The van der Waals surface area contributed by atoms with E-state index in [4.69, 9.17) is 23.2 Å². The van der Waals surface area contributed by atoms with Crippen molar-refractivity contribution in [3.8, 4) is 0 Å². The molecule has 100 valence electrons. The number of nitrogens with zero attached hydrogens (tertiary/aromatic N) is 1. The Morgan fingerprint density at radius 1 is 1.11 bits per heavy atom. The molecule has 0 amide bonds. The van der Waals surface area contributed by atoms with Crippen LogP contribution in [-0.2, 0) is 16.6 Å². The molecule has 0 aliphatic heterocycles. The highest BCUT2D eigenvalue weighted by atomic mass is 35.5. The first-order valence-electron chi connectivity index (χ1n) is 5.34. The molecule has 0 fully saturated rings. The van der Waals surface area contributed by atoms with Crippen molar-refractivity contribution in [1.29, 1.82) is 0 Å². The molecule has 0 unspecified atom stereocenters. The Balaban J connectivity index is 2.20. The summed E-state index contributed by atoms with van der Waals surface area (Å²) in [7, 11) is -3.71. The van der Waals surface area contributed by atoms with E-state index in [1.807, 2.05) is 0 Å². The van der Waals surface area contributed by atoms with Crippen molar-refractivity contribution in [2.75, 3.05) is 0 Å². The molecule has 0 radical (unpaired) electrons. The Labute approximate surface area is 121 Å². The van der Waals surface area contributed by atoms with Gasteiger partial charge in [-0.1, -0.05) is 41.4 Å². The van der Waals surface area contributed by atoms with Crippen molar-refractivity contribution in [1.82, 2.24) is 9.71 Å². The number of benzene rings is 1. The number of nitrogens with one attached hydrogen (secondary N) is 1. The minimum absolute atomic E-state index is 0.0521. The number of sulfonamides is 1. The van der Waals surface area contributed by atoms with Crippen molar-refractivity contribution < 1.29 is 8.42 Å². The molecule has 0 aliphatic rings. The first kappa shape index (κ1) is 14.3. The predicted molar refractivity (Wildman–Crippen MR) is 74.7 cm³/mol. The summed E-state index contributed by atoms with van der Waals surface area (Å²) in [5.74, 6) is 0. The zero-order chi connectivity index (χ0) is 13.9. The molecule has 4 nitrogen and oxygen atoms in total. The number of pyridine rings is 1. The van der Waals surface area contributed by atoms with Crippen LogP contribution in [-0.4, -0.2) is 13.4 Å². The fourth-order valence-electron chi connectivity index (χ4n) is 1.46. The average Bonchev–Trinajstić information content (AvgIpc) is 2.38. The van der Waals surface area contributed by atoms with Crippen LogP contribution in [0.1, 0.15) is 5.56 Å². The number of hydrogen-bond acceptors (Lipinski definition) is 3. The molecule has 0 bridgehead atoms. The van der Waals surface area contributed by atoms with Gasteiger partial charge in [0, 0.05) is 17.8 Å². The van der Waals surface area contributed by atoms with Gasteiger partial charge in [-0.15, -0.1) is 0 Å². The maximum atomic E-state index is 12.1. The summed E-state index contributed by atoms with van der Waals surface area (Å²) in [6, 6.07) is 9.91. The van der Waals surface area contributed by atoms with Gasteiger partial charge in [-0.2, -0.15) is 0 Å². The van der Waals surface area contributed by atoms with E-state index in [2.05, 4.69) is 9.71 Å². The fourth-order valence-corrected chi connectivity index (χ4v) is 3.12. The van der Waals surface area contributed by atoms with Crippen LogP contribution in [0.15, 0.2) is 47.5 Å². The second-order valence-corrected chi connectivity index (χ2v) is 6.21. The van der Waals surface area contributed by atoms with E-state index in [9.17, 15) is 8.42 Å². The Bertz CT molecular complexity index is 690. The molecule has 0 atom stereocenters. The van der Waals surface area contributed by atoms with E-state index in [0.717, 1.165) is 0 Å². The number of aromatic nitrogens is 1. The van der Waals surface area contributed by atoms with Crippen LogP contribution >= 0.6 is 23.2 Å². The monoisotopic (exact) mass is 316 g/mol. The average molecular weight is 317 g/mol. The quantitative estimate of drug-likeness (QED) is 0.882. The van der Waals surface area contributed by atoms with Gasteiger partial charge in [0.15, 0.2) is 0 Å². The van der Waals surface area contributed by atoms with E-state index in [0.29, 0.717) is 10.6 Å². The van der Waals surface area contributed by atoms with Gasteiger partial charge in [0.25, 0.3) is 0 Å². The molecule has 19 heavy (non-hydrogen) atoms. The predicted octanol–water partition coefficient (Wildman–Crippen LogP) is 2.87. The number of hydrogen-bond donors (Lipinski definition) is 1. The van der Waals surface area contributed by atoms with Gasteiger partial charge in [-0.05, 0) is 23.8 Å². The van der Waals surface area contributed by atoms with Crippen molar-refractivity contribution >= 4 is 33.2 Å². The molecule has 2 rings (SSSR count). The van der Waals surface area contributed by atoms with Crippen LogP contribution in [0.5, 0.6) is 0 Å². The molecule has 0 saturated carbocycles. The second kappa shape index (κ2) is 5.88. The van der Waals surface area contributed by atoms with Gasteiger partial charge in [-0.25, -0.2) is 18.1 Å². The molecule has 1 heterocycles. The van der Waals surface area contributed by atoms with Crippen LogP contribution in [0.4, 0.5) is 0 Å². The molecular weight excluding hydrogens is 307 g/mol. The van der Waals surface area contributed by atoms with E-state index in [1.165, 1.54) is 18.3 Å². The van der Waals surface area contributed by atoms with Crippen molar-refractivity contribution in [2.45, 2.75) is 11.4 Å². The molecule has 1 aromatic heterocycles. The zero-order valence-electron chi connectivity index (χ0n) is 9.68. The van der Waals surface area contributed by atoms with Crippen LogP contribution in [0.25, 0.3) is 0 Å². The van der Waals surface area contributed by atoms with Gasteiger partial charge >= 0.3 is 0 Å². The van der Waals surface area contributed by atoms with Crippen LogP contribution in [0.2, 0.25) is 10.2 Å². The minimum atomic E-state index is -3.71. The molecular formula is C12H10Cl2N2O2S. The summed E-state index contributed by atoms with van der Waals surface area (Å²) in [6.07, 6.45) is 1.43. The van der Waals surface area contributed by atoms with Crippen LogP contribution in [0, 0.1) is 0 Å². The summed E-state index contributed by atoms with van der Waals surface area (Å²) in [6.45, 7) is 0.0905. The van der Waals surface area contributed by atoms with Crippen molar-refractivity contribution in [2.24, 2.45) is 0 Å². The highest BCUT2D eigenvalue weighted by molar-refractivity contribution is 7.89. The molecule has 7 heteroatoms. The minimum Gasteiger partial charge on any atom is -0.243 e.